The Labute approximate surface area is 57.9 Å². The molecule has 0 saturated heterocycles. The largest absolute Gasteiger partial charge is 0.399 e. The first-order valence-corrected chi connectivity index (χ1v) is 3.38. The van der Waals surface area contributed by atoms with Crippen LogP contribution in [0.4, 0.5) is 0 Å². The fourth-order valence-corrected chi connectivity index (χ4v) is 0.220. The summed E-state index contributed by atoms with van der Waals surface area (Å²) < 4.78 is 0. The molecule has 9 heavy (non-hydrogen) atoms. The van der Waals surface area contributed by atoms with E-state index in [-0.39, 0.29) is 0 Å². The monoisotopic (exact) mass is 131 g/mol. The Bertz CT molecular complexity index is 69.3. The third kappa shape index (κ3) is 11.2. The van der Waals surface area contributed by atoms with Crippen molar-refractivity contribution in [2.45, 2.75) is 34.1 Å². The lowest BCUT2D eigenvalue weighted by atomic mass is 10.3. The molecular weight excluding hydrogens is 114 g/mol. The predicted molar refractivity (Wildman–Crippen MR) is 41.8 cm³/mol. The highest BCUT2D eigenvalue weighted by Crippen LogP contribution is 1.81. The Kier molecular flexibility index (Phi) is 13.1. The van der Waals surface area contributed by atoms with Gasteiger partial charge in [0, 0.05) is 0 Å². The van der Waals surface area contributed by atoms with Crippen molar-refractivity contribution in [3.05, 3.63) is 0 Å². The quantitative estimate of drug-likeness (QED) is 0.416. The van der Waals surface area contributed by atoms with E-state index in [2.05, 4.69) is 9.99 Å². The van der Waals surface area contributed by atoms with Crippen molar-refractivity contribution in [2.75, 3.05) is 7.11 Å². The highest BCUT2D eigenvalue weighted by atomic mass is 16.6. The molecular formula is C7H17NO. The van der Waals surface area contributed by atoms with Gasteiger partial charge in [-0.15, -0.1) is 0 Å². The summed E-state index contributed by atoms with van der Waals surface area (Å²) in [6.45, 7) is 7.97. The summed E-state index contributed by atoms with van der Waals surface area (Å²) in [4.78, 5) is 4.48. The van der Waals surface area contributed by atoms with E-state index in [0.717, 1.165) is 12.1 Å². The molecule has 0 heterocycles. The lowest BCUT2D eigenvalue weighted by Crippen LogP contribution is -1.86. The van der Waals surface area contributed by atoms with E-state index >= 15 is 0 Å². The van der Waals surface area contributed by atoms with Gasteiger partial charge >= 0.3 is 0 Å². The number of nitrogens with zero attached hydrogens (tertiary/aromatic N) is 1. The maximum Gasteiger partial charge on any atom is 0.106 e. The Hall–Kier alpha value is -0.530. The summed E-state index contributed by atoms with van der Waals surface area (Å²) >= 11 is 0. The smallest absolute Gasteiger partial charge is 0.106 e. The van der Waals surface area contributed by atoms with Crippen LogP contribution >= 0.6 is 0 Å². The molecule has 0 unspecified atom stereocenters. The van der Waals surface area contributed by atoms with Crippen LogP contribution in [0.25, 0.3) is 0 Å². The van der Waals surface area contributed by atoms with Crippen LogP contribution in [0.2, 0.25) is 0 Å². The Balaban J connectivity index is 0. The fourth-order valence-electron chi connectivity index (χ4n) is 0.220. The van der Waals surface area contributed by atoms with Crippen molar-refractivity contribution in [1.82, 2.24) is 0 Å². The van der Waals surface area contributed by atoms with Crippen molar-refractivity contribution in [1.29, 1.82) is 0 Å². The van der Waals surface area contributed by atoms with E-state index in [1.807, 2.05) is 27.7 Å². The SMILES string of the molecule is CC.CC/C(C)=N/OC. The van der Waals surface area contributed by atoms with Gasteiger partial charge in [0.1, 0.15) is 7.11 Å². The minimum absolute atomic E-state index is 0.966. The summed E-state index contributed by atoms with van der Waals surface area (Å²) in [6, 6.07) is 0. The van der Waals surface area contributed by atoms with Gasteiger partial charge in [0.25, 0.3) is 0 Å². The average molecular weight is 131 g/mol. The second-order valence-corrected chi connectivity index (χ2v) is 1.36. The average Bonchev–Trinajstić information content (AvgIpc) is 1.93. The third-order valence-corrected chi connectivity index (χ3v) is 0.759. The molecule has 0 fully saturated rings. The minimum Gasteiger partial charge on any atom is -0.399 e. The zero-order valence-corrected chi connectivity index (χ0v) is 7.06. The van der Waals surface area contributed by atoms with Crippen molar-refractivity contribution in [2.24, 2.45) is 5.16 Å². The first-order chi connectivity index (χ1) is 4.31. The van der Waals surface area contributed by atoms with Gasteiger partial charge in [-0.2, -0.15) is 0 Å². The zero-order chi connectivity index (χ0) is 7.70. The van der Waals surface area contributed by atoms with Crippen LogP contribution < -0.4 is 0 Å². The number of hydrogen-bond donors (Lipinski definition) is 0. The van der Waals surface area contributed by atoms with Crippen LogP contribution in [0.3, 0.4) is 0 Å². The molecule has 0 amide bonds. The molecule has 0 aromatic rings. The molecule has 0 radical (unpaired) electrons. The lowest BCUT2D eigenvalue weighted by Gasteiger charge is -1.88. The summed E-state index contributed by atoms with van der Waals surface area (Å²) in [7, 11) is 1.55. The highest BCUT2D eigenvalue weighted by Gasteiger charge is 1.79. The fraction of sp³-hybridized carbons (Fsp3) is 0.857. The maximum absolute atomic E-state index is 4.48. The van der Waals surface area contributed by atoms with Crippen LogP contribution in [0.15, 0.2) is 5.16 Å². The van der Waals surface area contributed by atoms with E-state index in [9.17, 15) is 0 Å². The lowest BCUT2D eigenvalue weighted by molar-refractivity contribution is 0.212. The minimum atomic E-state index is 0.966. The van der Waals surface area contributed by atoms with Crippen molar-refractivity contribution < 1.29 is 4.84 Å². The van der Waals surface area contributed by atoms with Crippen LogP contribution in [0, 0.1) is 0 Å². The van der Waals surface area contributed by atoms with Gasteiger partial charge in [0.2, 0.25) is 0 Å². The Morgan fingerprint density at radius 2 is 1.89 bits per heavy atom. The number of oxime groups is 1. The van der Waals surface area contributed by atoms with Gasteiger partial charge in [-0.05, 0) is 13.3 Å². The molecule has 0 rings (SSSR count). The molecule has 0 aliphatic rings. The van der Waals surface area contributed by atoms with Crippen molar-refractivity contribution >= 4 is 5.71 Å². The number of rotatable bonds is 2. The van der Waals surface area contributed by atoms with Gasteiger partial charge < -0.3 is 4.84 Å². The summed E-state index contributed by atoms with van der Waals surface area (Å²) in [5.74, 6) is 0. The second kappa shape index (κ2) is 10.5. The van der Waals surface area contributed by atoms with Crippen LogP contribution in [0.1, 0.15) is 34.1 Å². The van der Waals surface area contributed by atoms with Gasteiger partial charge in [-0.3, -0.25) is 0 Å². The molecule has 2 heteroatoms. The van der Waals surface area contributed by atoms with E-state index in [4.69, 9.17) is 0 Å². The van der Waals surface area contributed by atoms with E-state index in [1.54, 1.807) is 7.11 Å². The molecule has 0 atom stereocenters. The molecule has 0 spiro atoms. The van der Waals surface area contributed by atoms with Crippen LogP contribution in [0.5, 0.6) is 0 Å². The molecule has 56 valence electrons. The highest BCUT2D eigenvalue weighted by molar-refractivity contribution is 5.80. The molecule has 0 N–H and O–H groups in total. The molecule has 0 aliphatic heterocycles. The summed E-state index contributed by atoms with van der Waals surface area (Å²) in [5, 5.41) is 3.66. The van der Waals surface area contributed by atoms with Crippen molar-refractivity contribution in [3.8, 4) is 0 Å². The van der Waals surface area contributed by atoms with Gasteiger partial charge in [0.15, 0.2) is 0 Å². The summed E-state index contributed by atoms with van der Waals surface area (Å²) in [6.07, 6.45) is 0.966. The van der Waals surface area contributed by atoms with Gasteiger partial charge in [-0.1, -0.05) is 25.9 Å². The topological polar surface area (TPSA) is 21.6 Å². The van der Waals surface area contributed by atoms with E-state index < -0.39 is 0 Å². The molecule has 0 aromatic heterocycles. The zero-order valence-electron chi connectivity index (χ0n) is 7.06. The van der Waals surface area contributed by atoms with Crippen LogP contribution in [-0.4, -0.2) is 12.8 Å². The van der Waals surface area contributed by atoms with Crippen molar-refractivity contribution in [3.63, 3.8) is 0 Å². The first-order valence-electron chi connectivity index (χ1n) is 3.38. The molecule has 0 bridgehead atoms. The predicted octanol–water partition coefficient (Wildman–Crippen LogP) is 2.44. The Morgan fingerprint density at radius 1 is 1.44 bits per heavy atom. The van der Waals surface area contributed by atoms with Gasteiger partial charge in [-0.25, -0.2) is 0 Å². The number of hydrogen-bond acceptors (Lipinski definition) is 2. The molecule has 0 aromatic carbocycles. The van der Waals surface area contributed by atoms with Gasteiger partial charge in [0.05, 0.1) is 5.71 Å². The molecule has 0 aliphatic carbocycles. The first kappa shape index (κ1) is 11.3. The summed E-state index contributed by atoms with van der Waals surface area (Å²) in [5.41, 5.74) is 1.03. The van der Waals surface area contributed by atoms with E-state index in [0.29, 0.717) is 0 Å². The molecule has 0 saturated carbocycles. The normalized spacial score (nSPS) is 9.67. The van der Waals surface area contributed by atoms with Crippen LogP contribution in [-0.2, 0) is 4.84 Å². The second-order valence-electron chi connectivity index (χ2n) is 1.36. The standard InChI is InChI=1S/C5H11NO.C2H6/c1-4-5(2)6-7-3;1-2/h4H2,1-3H3;1-2H3/b6-5+;. The van der Waals surface area contributed by atoms with E-state index in [1.165, 1.54) is 0 Å². The molecule has 2 nitrogen and oxygen atoms in total. The Morgan fingerprint density at radius 3 is 2.00 bits per heavy atom. The third-order valence-electron chi connectivity index (χ3n) is 0.759. The maximum atomic E-state index is 4.48.